The molecule has 1 aromatic heterocycles. The van der Waals surface area contributed by atoms with Crippen LogP contribution in [-0.4, -0.2) is 87.9 Å². The number of benzene rings is 1. The van der Waals surface area contributed by atoms with Gasteiger partial charge in [-0.1, -0.05) is 20.8 Å². The largest absolute Gasteiger partial charge is 0.481 e. The van der Waals surface area contributed by atoms with Gasteiger partial charge in [-0.25, -0.2) is 4.79 Å². The van der Waals surface area contributed by atoms with Gasteiger partial charge in [0.2, 0.25) is 29.5 Å². The van der Waals surface area contributed by atoms with E-state index >= 15 is 0 Å². The van der Waals surface area contributed by atoms with E-state index in [1.54, 1.807) is 39.8 Å². The fraction of sp³-hybridized carbons (Fsp3) is 0.433. The van der Waals surface area contributed by atoms with Gasteiger partial charge in [0.1, 0.15) is 17.7 Å². The number of rotatable bonds is 13. The predicted molar refractivity (Wildman–Crippen MR) is 170 cm³/mol. The van der Waals surface area contributed by atoms with E-state index in [9.17, 15) is 38.4 Å². The number of carbonyl (C=O) groups excluding carboxylic acids is 5. The second kappa shape index (κ2) is 21.1. The minimum atomic E-state index is -1.38. The lowest BCUT2D eigenvalue weighted by Crippen LogP contribution is -2.54. The summed E-state index contributed by atoms with van der Waals surface area (Å²) in [5.41, 5.74) is 0.841. The molecular formula is C30H41N5O13. The summed E-state index contributed by atoms with van der Waals surface area (Å²) >= 11 is 0. The third-order valence-corrected chi connectivity index (χ3v) is 5.72. The van der Waals surface area contributed by atoms with Crippen molar-refractivity contribution in [2.75, 3.05) is 18.4 Å². The number of hydrogen-bond donors (Lipinski definition) is 8. The number of aryl methyl sites for hydroxylation is 1. The molecule has 0 aliphatic carbocycles. The van der Waals surface area contributed by atoms with Crippen molar-refractivity contribution < 1.29 is 58.1 Å². The summed E-state index contributed by atoms with van der Waals surface area (Å²) in [6.07, 6.45) is -0.459. The van der Waals surface area contributed by atoms with Crippen molar-refractivity contribution in [3.8, 4) is 0 Å². The molecule has 18 nitrogen and oxygen atoms in total. The van der Waals surface area contributed by atoms with Crippen LogP contribution in [0.3, 0.4) is 0 Å². The van der Waals surface area contributed by atoms with Crippen molar-refractivity contribution in [1.29, 1.82) is 0 Å². The molecule has 1 aromatic carbocycles. The molecular weight excluding hydrogens is 638 g/mol. The minimum absolute atomic E-state index is 0.222. The Morgan fingerprint density at radius 1 is 0.812 bits per heavy atom. The molecule has 1 unspecified atom stereocenters. The summed E-state index contributed by atoms with van der Waals surface area (Å²) in [6.45, 7) is 7.88. The number of aliphatic carboxylic acids is 3. The molecule has 0 fully saturated rings. The highest BCUT2D eigenvalue weighted by molar-refractivity contribution is 5.98. The highest BCUT2D eigenvalue weighted by Crippen LogP contribution is 2.20. The zero-order chi connectivity index (χ0) is 37.1. The average molecular weight is 680 g/mol. The standard InChI is InChI=1S/C25H31N5O9.C3H6O2.C2H4O2/c1-12(2)23(30-20(33)11-26-24(37)17(9-21(34)35)28-14(4)31)25(38)27-10-19(32)29-15-5-6-16-13(3)7-22(36)39-18(16)8-15;1-2-3(4)5;1-2(3)4/h5-8,12,17,23H,9-11H2,1-4H3,(H,26,37)(H,27,38)(H,28,31)(H,29,32)(H,30,33)(H,34,35);2H2,1H3,(H,4,5);1H3,(H,3,4)/t17-,23?;;/m0../s1. The zero-order valence-electron chi connectivity index (χ0n) is 27.3. The number of nitrogens with one attached hydrogen (secondary N) is 5. The Balaban J connectivity index is 0.00000216. The van der Waals surface area contributed by atoms with Crippen molar-refractivity contribution in [1.82, 2.24) is 21.3 Å². The van der Waals surface area contributed by atoms with Crippen molar-refractivity contribution >= 4 is 64.1 Å². The molecule has 5 amide bonds. The van der Waals surface area contributed by atoms with Gasteiger partial charge in [-0.15, -0.1) is 0 Å². The first kappa shape index (κ1) is 42.2. The molecule has 0 spiro atoms. The molecule has 2 atom stereocenters. The molecule has 0 aliphatic heterocycles. The van der Waals surface area contributed by atoms with Crippen LogP contribution in [0.1, 0.15) is 53.0 Å². The van der Waals surface area contributed by atoms with E-state index < -0.39 is 90.6 Å². The van der Waals surface area contributed by atoms with E-state index in [0.29, 0.717) is 16.7 Å². The molecule has 2 aromatic rings. The van der Waals surface area contributed by atoms with Crippen LogP contribution in [0.25, 0.3) is 11.0 Å². The monoisotopic (exact) mass is 679 g/mol. The van der Waals surface area contributed by atoms with Crippen LogP contribution in [0.2, 0.25) is 0 Å². The van der Waals surface area contributed by atoms with Gasteiger partial charge >= 0.3 is 17.6 Å². The van der Waals surface area contributed by atoms with Crippen LogP contribution in [0.4, 0.5) is 5.69 Å². The highest BCUT2D eigenvalue weighted by atomic mass is 16.4. The SMILES string of the molecule is CC(=O)N[C@@H](CC(=O)O)C(=O)NCC(=O)NC(C(=O)NCC(=O)Nc1ccc2c(C)cc(=O)oc2c1)C(C)C.CC(=O)O.CCC(=O)O. The first-order valence-corrected chi connectivity index (χ1v) is 14.4. The number of carboxylic acids is 3. The summed E-state index contributed by atoms with van der Waals surface area (Å²) in [5, 5.41) is 36.6. The highest BCUT2D eigenvalue weighted by Gasteiger charge is 2.26. The van der Waals surface area contributed by atoms with E-state index in [1.165, 1.54) is 12.1 Å². The van der Waals surface area contributed by atoms with E-state index in [1.807, 2.05) is 0 Å². The normalized spacial score (nSPS) is 11.2. The van der Waals surface area contributed by atoms with E-state index in [-0.39, 0.29) is 6.42 Å². The quantitative estimate of drug-likeness (QED) is 0.129. The Kier molecular flexibility index (Phi) is 18.5. The molecule has 0 saturated heterocycles. The van der Waals surface area contributed by atoms with Crippen molar-refractivity contribution in [2.45, 2.75) is 66.5 Å². The van der Waals surface area contributed by atoms with Crippen LogP contribution in [0.15, 0.2) is 33.5 Å². The Morgan fingerprint density at radius 3 is 1.85 bits per heavy atom. The summed E-state index contributed by atoms with van der Waals surface area (Å²) in [4.78, 5) is 102. The number of fused-ring (bicyclic) bond motifs is 1. The van der Waals surface area contributed by atoms with Crippen LogP contribution in [-0.2, 0) is 38.4 Å². The van der Waals surface area contributed by atoms with E-state index in [4.69, 9.17) is 24.5 Å². The number of amides is 5. The minimum Gasteiger partial charge on any atom is -0.481 e. The Morgan fingerprint density at radius 2 is 1.35 bits per heavy atom. The predicted octanol–water partition coefficient (Wildman–Crippen LogP) is -0.0356. The molecule has 0 radical (unpaired) electrons. The second-order valence-corrected chi connectivity index (χ2v) is 10.3. The third kappa shape index (κ3) is 17.6. The fourth-order valence-corrected chi connectivity index (χ4v) is 3.56. The van der Waals surface area contributed by atoms with Crippen LogP contribution in [0.5, 0.6) is 0 Å². The Hall–Kier alpha value is -5.81. The second-order valence-electron chi connectivity index (χ2n) is 10.3. The lowest BCUT2D eigenvalue weighted by Gasteiger charge is -2.22. The molecule has 1 heterocycles. The molecule has 8 N–H and O–H groups in total. The van der Waals surface area contributed by atoms with E-state index in [2.05, 4.69) is 26.6 Å². The Bertz CT molecular complexity index is 1530. The maximum absolute atomic E-state index is 12.7. The topological polar surface area (TPSA) is 288 Å². The number of carboxylic acid groups (broad SMARTS) is 3. The van der Waals surface area contributed by atoms with Gasteiger partial charge in [0, 0.05) is 43.5 Å². The number of anilines is 1. The van der Waals surface area contributed by atoms with Gasteiger partial charge in [0.15, 0.2) is 0 Å². The van der Waals surface area contributed by atoms with E-state index in [0.717, 1.165) is 19.4 Å². The summed E-state index contributed by atoms with van der Waals surface area (Å²) in [7, 11) is 0. The molecule has 0 bridgehead atoms. The number of hydrogen-bond acceptors (Lipinski definition) is 10. The summed E-state index contributed by atoms with van der Waals surface area (Å²) in [5.74, 6) is -6.76. The lowest BCUT2D eigenvalue weighted by atomic mass is 10.0. The fourth-order valence-electron chi connectivity index (χ4n) is 3.56. The van der Waals surface area contributed by atoms with Crippen LogP contribution in [0, 0.1) is 12.8 Å². The van der Waals surface area contributed by atoms with Crippen molar-refractivity contribution in [3.63, 3.8) is 0 Å². The Labute approximate surface area is 274 Å². The average Bonchev–Trinajstić information content (AvgIpc) is 2.96. The van der Waals surface area contributed by atoms with Gasteiger partial charge in [-0.3, -0.25) is 38.4 Å². The van der Waals surface area contributed by atoms with Crippen LogP contribution < -0.4 is 32.2 Å². The maximum Gasteiger partial charge on any atom is 0.336 e. The first-order valence-electron chi connectivity index (χ1n) is 14.4. The lowest BCUT2D eigenvalue weighted by molar-refractivity contribution is -0.140. The van der Waals surface area contributed by atoms with Gasteiger partial charge in [0.25, 0.3) is 5.97 Å². The molecule has 18 heteroatoms. The summed E-state index contributed by atoms with van der Waals surface area (Å²) in [6, 6.07) is 3.72. The summed E-state index contributed by atoms with van der Waals surface area (Å²) < 4.78 is 5.15. The third-order valence-electron chi connectivity index (χ3n) is 5.72. The molecule has 2 rings (SSSR count). The maximum atomic E-state index is 12.7. The van der Waals surface area contributed by atoms with Crippen LogP contribution >= 0.6 is 0 Å². The van der Waals surface area contributed by atoms with Gasteiger partial charge in [-0.2, -0.15) is 0 Å². The first-order chi connectivity index (χ1) is 22.3. The molecule has 0 aliphatic rings. The van der Waals surface area contributed by atoms with Gasteiger partial charge in [0.05, 0.1) is 19.5 Å². The molecule has 264 valence electrons. The molecule has 48 heavy (non-hydrogen) atoms. The smallest absolute Gasteiger partial charge is 0.336 e. The van der Waals surface area contributed by atoms with Crippen molar-refractivity contribution in [3.05, 3.63) is 40.2 Å². The number of carbonyl (C=O) groups is 8. The zero-order valence-corrected chi connectivity index (χ0v) is 27.3. The van der Waals surface area contributed by atoms with Gasteiger partial charge < -0.3 is 46.3 Å². The van der Waals surface area contributed by atoms with Crippen molar-refractivity contribution in [2.24, 2.45) is 5.92 Å². The molecule has 0 saturated carbocycles. The van der Waals surface area contributed by atoms with Gasteiger partial charge in [-0.05, 0) is 30.5 Å².